The molecule has 1 fully saturated rings. The van der Waals surface area contributed by atoms with Crippen LogP contribution < -0.4 is 5.73 Å². The smallest absolute Gasteiger partial charge is 0.414 e. The molecule has 0 amide bonds. The van der Waals surface area contributed by atoms with Gasteiger partial charge in [-0.05, 0) is 85.6 Å². The molecule has 4 rings (SSSR count). The van der Waals surface area contributed by atoms with E-state index in [4.69, 9.17) is 50.1 Å². The minimum atomic E-state index is -1.82. The molecule has 0 radical (unpaired) electrons. The number of hydrogen-bond acceptors (Lipinski definition) is 7. The van der Waals surface area contributed by atoms with Crippen molar-refractivity contribution >= 4 is 23.9 Å². The Morgan fingerprint density at radius 3 is 1.59 bits per heavy atom. The highest BCUT2D eigenvalue weighted by atomic mass is 19.1. The number of piperidine rings is 1. The van der Waals surface area contributed by atoms with Gasteiger partial charge in [0.05, 0.1) is 0 Å². The molecule has 0 aromatic heterocycles. The van der Waals surface area contributed by atoms with Crippen LogP contribution in [0.5, 0.6) is 0 Å². The third-order valence-electron chi connectivity index (χ3n) is 7.06. The number of nitrogens with zero attached hydrogens (tertiary/aromatic N) is 1. The number of aliphatic carboxylic acids is 4. The lowest BCUT2D eigenvalue weighted by molar-refractivity contribution is -0.159. The Morgan fingerprint density at radius 1 is 0.739 bits per heavy atom. The first kappa shape index (κ1) is 37.5. The summed E-state index contributed by atoms with van der Waals surface area (Å²) in [5, 5.41) is 29.6. The molecular weight excluding hydrogens is 606 g/mol. The van der Waals surface area contributed by atoms with Crippen molar-refractivity contribution in [3.8, 4) is 0 Å². The van der Waals surface area contributed by atoms with Gasteiger partial charge >= 0.3 is 23.9 Å². The SMILES string of the molecule is N[C@@H](Cc1ccccc1)CN1CCC(CCOC(c2ccc(F)cc2)c2ccc(F)cc2)CC1.O=C(O)C(=O)O.O=C(O)C(=O)O. The molecule has 1 saturated heterocycles. The van der Waals surface area contributed by atoms with Gasteiger partial charge < -0.3 is 35.8 Å². The van der Waals surface area contributed by atoms with Gasteiger partial charge in [0.15, 0.2) is 0 Å². The lowest BCUT2D eigenvalue weighted by atomic mass is 9.93. The van der Waals surface area contributed by atoms with Crippen molar-refractivity contribution in [2.45, 2.75) is 37.8 Å². The molecule has 3 aromatic carbocycles. The van der Waals surface area contributed by atoms with Crippen LogP contribution in [0.4, 0.5) is 8.78 Å². The fourth-order valence-electron chi connectivity index (χ4n) is 4.78. The van der Waals surface area contributed by atoms with Crippen LogP contribution >= 0.6 is 0 Å². The molecular formula is C33H38F2N2O9. The number of likely N-dealkylation sites (tertiary alicyclic amines) is 1. The summed E-state index contributed by atoms with van der Waals surface area (Å²) in [5.74, 6) is -7.24. The number of benzene rings is 3. The normalized spacial score (nSPS) is 13.8. The number of nitrogens with two attached hydrogens (primary N) is 1. The monoisotopic (exact) mass is 644 g/mol. The standard InChI is InChI=1S/C29H34F2N2O.2C2H2O4/c30-26-10-6-24(7-11-26)29(25-8-12-27(31)13-9-25)34-19-16-22-14-17-33(18-15-22)21-28(32)20-23-4-2-1-3-5-23;2*3-1(4)2(5)6/h1-13,22,28-29H,14-21,32H2;2*(H,3,4)(H,5,6)/t28-;;/m0../s1. The topological polar surface area (TPSA) is 188 Å². The zero-order valence-electron chi connectivity index (χ0n) is 25.0. The van der Waals surface area contributed by atoms with E-state index in [2.05, 4.69) is 29.2 Å². The maximum absolute atomic E-state index is 13.4. The Labute approximate surface area is 264 Å². The van der Waals surface area contributed by atoms with Crippen LogP contribution in [-0.4, -0.2) is 81.5 Å². The highest BCUT2D eigenvalue weighted by Gasteiger charge is 2.22. The first-order valence-corrected chi connectivity index (χ1v) is 14.4. The second-order valence-corrected chi connectivity index (χ2v) is 10.6. The molecule has 0 aliphatic carbocycles. The van der Waals surface area contributed by atoms with E-state index < -0.39 is 23.9 Å². The Balaban J connectivity index is 0.000000522. The zero-order chi connectivity index (χ0) is 34.1. The summed E-state index contributed by atoms with van der Waals surface area (Å²) in [5.41, 5.74) is 9.44. The number of carboxylic acids is 4. The lowest BCUT2D eigenvalue weighted by Gasteiger charge is -2.33. The minimum Gasteiger partial charge on any atom is -0.473 e. The molecule has 1 atom stereocenters. The highest BCUT2D eigenvalue weighted by Crippen LogP contribution is 2.28. The summed E-state index contributed by atoms with van der Waals surface area (Å²) in [6, 6.07) is 23.3. The number of carbonyl (C=O) groups is 4. The second-order valence-electron chi connectivity index (χ2n) is 10.6. The van der Waals surface area contributed by atoms with Crippen molar-refractivity contribution < 1.29 is 53.1 Å². The lowest BCUT2D eigenvalue weighted by Crippen LogP contribution is -2.43. The van der Waals surface area contributed by atoms with Crippen LogP contribution in [0.15, 0.2) is 78.9 Å². The Morgan fingerprint density at radius 2 is 1.17 bits per heavy atom. The van der Waals surface area contributed by atoms with Crippen molar-refractivity contribution in [2.75, 3.05) is 26.2 Å². The van der Waals surface area contributed by atoms with E-state index in [9.17, 15) is 8.78 Å². The highest BCUT2D eigenvalue weighted by molar-refractivity contribution is 6.27. The predicted molar refractivity (Wildman–Crippen MR) is 163 cm³/mol. The average molecular weight is 645 g/mol. The predicted octanol–water partition coefficient (Wildman–Crippen LogP) is 4.05. The van der Waals surface area contributed by atoms with Crippen LogP contribution in [0.1, 0.15) is 42.1 Å². The van der Waals surface area contributed by atoms with Gasteiger partial charge in [-0.2, -0.15) is 0 Å². The Hall–Kier alpha value is -4.72. The van der Waals surface area contributed by atoms with Crippen LogP contribution in [0.2, 0.25) is 0 Å². The third kappa shape index (κ3) is 14.4. The van der Waals surface area contributed by atoms with E-state index >= 15 is 0 Å². The number of carboxylic acid groups (broad SMARTS) is 4. The molecule has 1 aliphatic rings. The maximum Gasteiger partial charge on any atom is 0.414 e. The summed E-state index contributed by atoms with van der Waals surface area (Å²) in [6.45, 7) is 3.66. The van der Waals surface area contributed by atoms with Gasteiger partial charge in [-0.1, -0.05) is 54.6 Å². The first-order valence-electron chi connectivity index (χ1n) is 14.4. The molecule has 11 nitrogen and oxygen atoms in total. The molecule has 13 heteroatoms. The Bertz CT molecular complexity index is 1290. The van der Waals surface area contributed by atoms with Gasteiger partial charge in [0, 0.05) is 19.2 Å². The van der Waals surface area contributed by atoms with Gasteiger partial charge in [-0.3, -0.25) is 0 Å². The fraction of sp³-hybridized carbons (Fsp3) is 0.333. The largest absolute Gasteiger partial charge is 0.473 e. The quantitative estimate of drug-likeness (QED) is 0.200. The van der Waals surface area contributed by atoms with Gasteiger partial charge in [-0.25, -0.2) is 28.0 Å². The van der Waals surface area contributed by atoms with Crippen LogP contribution in [-0.2, 0) is 30.3 Å². The van der Waals surface area contributed by atoms with Crippen LogP contribution in [0, 0.1) is 17.6 Å². The minimum absolute atomic E-state index is 0.148. The molecule has 0 spiro atoms. The van der Waals surface area contributed by atoms with Gasteiger partial charge in [0.25, 0.3) is 0 Å². The van der Waals surface area contributed by atoms with Gasteiger partial charge in [0.1, 0.15) is 17.7 Å². The van der Waals surface area contributed by atoms with Crippen LogP contribution in [0.3, 0.4) is 0 Å². The molecule has 0 unspecified atom stereocenters. The molecule has 248 valence electrons. The van der Waals surface area contributed by atoms with Crippen LogP contribution in [0.25, 0.3) is 0 Å². The number of ether oxygens (including phenoxy) is 1. The fourth-order valence-corrected chi connectivity index (χ4v) is 4.78. The van der Waals surface area contributed by atoms with E-state index in [-0.39, 0.29) is 23.8 Å². The van der Waals surface area contributed by atoms with Gasteiger partial charge in [-0.15, -0.1) is 0 Å². The average Bonchev–Trinajstić information content (AvgIpc) is 3.02. The molecule has 46 heavy (non-hydrogen) atoms. The summed E-state index contributed by atoms with van der Waals surface area (Å²) < 4.78 is 33.1. The second kappa shape index (κ2) is 19.6. The van der Waals surface area contributed by atoms with Crippen molar-refractivity contribution in [2.24, 2.45) is 11.7 Å². The van der Waals surface area contributed by atoms with E-state index in [1.54, 1.807) is 24.3 Å². The zero-order valence-corrected chi connectivity index (χ0v) is 25.0. The molecule has 1 aliphatic heterocycles. The summed E-state index contributed by atoms with van der Waals surface area (Å²) in [6.07, 6.45) is 3.82. The van der Waals surface area contributed by atoms with Crippen molar-refractivity contribution in [1.82, 2.24) is 4.90 Å². The number of hydrogen-bond donors (Lipinski definition) is 5. The summed E-state index contributed by atoms with van der Waals surface area (Å²) in [7, 11) is 0. The maximum atomic E-state index is 13.4. The number of halogens is 2. The van der Waals surface area contributed by atoms with E-state index in [1.807, 2.05) is 6.07 Å². The van der Waals surface area contributed by atoms with E-state index in [0.29, 0.717) is 12.5 Å². The van der Waals surface area contributed by atoms with Crippen molar-refractivity contribution in [1.29, 1.82) is 0 Å². The molecule has 3 aromatic rings. The summed E-state index contributed by atoms with van der Waals surface area (Å²) >= 11 is 0. The number of rotatable bonds is 10. The first-order chi connectivity index (χ1) is 21.8. The van der Waals surface area contributed by atoms with E-state index in [1.165, 1.54) is 29.8 Å². The molecule has 0 bridgehead atoms. The molecule has 0 saturated carbocycles. The van der Waals surface area contributed by atoms with Crippen molar-refractivity contribution in [3.63, 3.8) is 0 Å². The Kier molecular flexibility index (Phi) is 16.0. The summed E-state index contributed by atoms with van der Waals surface area (Å²) in [4.78, 5) is 38.9. The molecule has 1 heterocycles. The van der Waals surface area contributed by atoms with Gasteiger partial charge in [0.2, 0.25) is 0 Å². The third-order valence-corrected chi connectivity index (χ3v) is 7.06. The molecule has 6 N–H and O–H groups in total. The van der Waals surface area contributed by atoms with Crippen molar-refractivity contribution in [3.05, 3.63) is 107 Å². The van der Waals surface area contributed by atoms with E-state index in [0.717, 1.165) is 56.4 Å².